The van der Waals surface area contributed by atoms with Crippen molar-refractivity contribution in [2.45, 2.75) is 45.3 Å². The van der Waals surface area contributed by atoms with Crippen LogP contribution in [-0.4, -0.2) is 24.0 Å². The minimum Gasteiger partial charge on any atom is -0.313 e. The lowest BCUT2D eigenvalue weighted by Gasteiger charge is -2.20. The van der Waals surface area contributed by atoms with Gasteiger partial charge in [0.05, 0.1) is 0 Å². The van der Waals surface area contributed by atoms with Crippen molar-refractivity contribution in [1.82, 2.24) is 10.2 Å². The normalized spacial score (nSPS) is 14.8. The Morgan fingerprint density at radius 1 is 1.26 bits per heavy atom. The second-order valence-corrected chi connectivity index (χ2v) is 5.44. The summed E-state index contributed by atoms with van der Waals surface area (Å²) in [5, 5.41) is 3.44. The molecule has 1 aromatic rings. The molecule has 1 fully saturated rings. The maximum atomic E-state index is 3.86. The van der Waals surface area contributed by atoms with Crippen molar-refractivity contribution in [3.8, 4) is 0 Å². The van der Waals surface area contributed by atoms with E-state index in [1.807, 2.05) is 6.08 Å². The van der Waals surface area contributed by atoms with Crippen LogP contribution in [0.2, 0.25) is 0 Å². The van der Waals surface area contributed by atoms with Crippen LogP contribution in [0.15, 0.2) is 36.9 Å². The molecule has 0 spiro atoms. The first-order chi connectivity index (χ1) is 9.33. The van der Waals surface area contributed by atoms with E-state index in [9.17, 15) is 0 Å². The van der Waals surface area contributed by atoms with Gasteiger partial charge in [-0.15, -0.1) is 6.58 Å². The van der Waals surface area contributed by atoms with Gasteiger partial charge in [0, 0.05) is 25.7 Å². The van der Waals surface area contributed by atoms with Crippen molar-refractivity contribution in [3.05, 3.63) is 48.0 Å². The summed E-state index contributed by atoms with van der Waals surface area (Å²) in [6.07, 6.45) is 5.91. The molecule has 2 heteroatoms. The van der Waals surface area contributed by atoms with E-state index in [0.717, 1.165) is 32.2 Å². The molecule has 0 bridgehead atoms. The lowest BCUT2D eigenvalue weighted by Crippen LogP contribution is -2.25. The predicted molar refractivity (Wildman–Crippen MR) is 82.1 cm³/mol. The molecule has 1 aliphatic carbocycles. The molecule has 0 aliphatic heterocycles. The highest BCUT2D eigenvalue weighted by Crippen LogP contribution is 2.28. The van der Waals surface area contributed by atoms with Gasteiger partial charge in [0.2, 0.25) is 0 Å². The lowest BCUT2D eigenvalue weighted by molar-refractivity contribution is 0.284. The summed E-state index contributed by atoms with van der Waals surface area (Å²) in [6, 6.07) is 9.82. The first kappa shape index (κ1) is 14.3. The second kappa shape index (κ2) is 7.46. The number of hydrogen-bond donors (Lipinski definition) is 1. The highest BCUT2D eigenvalue weighted by atomic mass is 15.2. The molecule has 1 aliphatic rings. The van der Waals surface area contributed by atoms with Crippen LogP contribution in [0.3, 0.4) is 0 Å². The molecule has 104 valence electrons. The Bertz CT molecular complexity index is 379. The summed E-state index contributed by atoms with van der Waals surface area (Å²) >= 11 is 0. The van der Waals surface area contributed by atoms with Crippen molar-refractivity contribution >= 4 is 0 Å². The minimum atomic E-state index is 0.795. The lowest BCUT2D eigenvalue weighted by atomic mass is 10.1. The van der Waals surface area contributed by atoms with Gasteiger partial charge in [-0.1, -0.05) is 37.3 Å². The third-order valence-electron chi connectivity index (χ3n) is 3.59. The third-order valence-corrected chi connectivity index (χ3v) is 3.59. The fourth-order valence-electron chi connectivity index (χ4n) is 2.35. The fourth-order valence-corrected chi connectivity index (χ4v) is 2.35. The van der Waals surface area contributed by atoms with Gasteiger partial charge in [-0.2, -0.15) is 0 Å². The Morgan fingerprint density at radius 3 is 2.53 bits per heavy atom. The van der Waals surface area contributed by atoms with Crippen molar-refractivity contribution in [3.63, 3.8) is 0 Å². The van der Waals surface area contributed by atoms with Gasteiger partial charge < -0.3 is 5.32 Å². The van der Waals surface area contributed by atoms with Crippen LogP contribution in [0, 0.1) is 0 Å². The molecule has 19 heavy (non-hydrogen) atoms. The van der Waals surface area contributed by atoms with Gasteiger partial charge in [-0.3, -0.25) is 4.90 Å². The summed E-state index contributed by atoms with van der Waals surface area (Å²) in [6.45, 7) is 10.2. The van der Waals surface area contributed by atoms with Gasteiger partial charge in [-0.05, 0) is 36.9 Å². The molecule has 0 unspecified atom stereocenters. The average Bonchev–Trinajstić information content (AvgIpc) is 3.25. The van der Waals surface area contributed by atoms with Crippen molar-refractivity contribution in [1.29, 1.82) is 0 Å². The largest absolute Gasteiger partial charge is 0.313 e. The fraction of sp³-hybridized carbons (Fsp3) is 0.529. The first-order valence-electron chi connectivity index (χ1n) is 7.47. The highest BCUT2D eigenvalue weighted by molar-refractivity contribution is 5.22. The molecule has 1 N–H and O–H groups in total. The molecule has 2 rings (SSSR count). The molecule has 0 amide bonds. The SMILES string of the molecule is C=CCN(Cc1ccc(CNCCC)cc1)C1CC1. The van der Waals surface area contributed by atoms with E-state index in [0.29, 0.717) is 0 Å². The Hall–Kier alpha value is -1.12. The molecule has 0 saturated heterocycles. The van der Waals surface area contributed by atoms with E-state index in [-0.39, 0.29) is 0 Å². The van der Waals surface area contributed by atoms with Crippen LogP contribution in [-0.2, 0) is 13.1 Å². The second-order valence-electron chi connectivity index (χ2n) is 5.44. The molecule has 0 atom stereocenters. The Balaban J connectivity index is 1.84. The molecular formula is C17H26N2. The molecule has 1 saturated carbocycles. The van der Waals surface area contributed by atoms with Gasteiger partial charge in [-0.25, -0.2) is 0 Å². The third kappa shape index (κ3) is 4.81. The van der Waals surface area contributed by atoms with E-state index in [1.165, 1.54) is 30.4 Å². The summed E-state index contributed by atoms with van der Waals surface area (Å²) in [7, 11) is 0. The average molecular weight is 258 g/mol. The molecular weight excluding hydrogens is 232 g/mol. The standard InChI is InChI=1S/C17H26N2/c1-3-11-18-13-15-5-7-16(8-6-15)14-19(12-4-2)17-9-10-17/h4-8,17-18H,2-3,9-14H2,1H3. The van der Waals surface area contributed by atoms with Crippen molar-refractivity contribution < 1.29 is 0 Å². The van der Waals surface area contributed by atoms with Crippen LogP contribution in [0.5, 0.6) is 0 Å². The Kier molecular flexibility index (Phi) is 5.62. The quantitative estimate of drug-likeness (QED) is 0.540. The first-order valence-corrected chi connectivity index (χ1v) is 7.47. The Labute approximate surface area is 117 Å². The number of nitrogens with one attached hydrogen (secondary N) is 1. The highest BCUT2D eigenvalue weighted by Gasteiger charge is 2.27. The summed E-state index contributed by atoms with van der Waals surface area (Å²) in [4.78, 5) is 2.53. The van der Waals surface area contributed by atoms with E-state index in [1.54, 1.807) is 0 Å². The van der Waals surface area contributed by atoms with Crippen LogP contribution >= 0.6 is 0 Å². The topological polar surface area (TPSA) is 15.3 Å². The van der Waals surface area contributed by atoms with Gasteiger partial charge in [0.1, 0.15) is 0 Å². The van der Waals surface area contributed by atoms with Crippen molar-refractivity contribution in [2.24, 2.45) is 0 Å². The zero-order chi connectivity index (χ0) is 13.5. The number of hydrogen-bond acceptors (Lipinski definition) is 2. The zero-order valence-corrected chi connectivity index (χ0v) is 12.1. The Morgan fingerprint density at radius 2 is 1.95 bits per heavy atom. The van der Waals surface area contributed by atoms with E-state index >= 15 is 0 Å². The summed E-state index contributed by atoms with van der Waals surface area (Å²) < 4.78 is 0. The smallest absolute Gasteiger partial charge is 0.0239 e. The maximum absolute atomic E-state index is 3.86. The van der Waals surface area contributed by atoms with Gasteiger partial charge in [0.25, 0.3) is 0 Å². The number of rotatable bonds is 9. The van der Waals surface area contributed by atoms with Gasteiger partial charge >= 0.3 is 0 Å². The minimum absolute atomic E-state index is 0.795. The monoisotopic (exact) mass is 258 g/mol. The molecule has 2 nitrogen and oxygen atoms in total. The molecule has 0 aromatic heterocycles. The van der Waals surface area contributed by atoms with E-state index in [4.69, 9.17) is 0 Å². The number of nitrogens with zero attached hydrogens (tertiary/aromatic N) is 1. The maximum Gasteiger partial charge on any atom is 0.0239 e. The predicted octanol–water partition coefficient (Wildman–Crippen LogP) is 3.34. The number of benzene rings is 1. The van der Waals surface area contributed by atoms with Crippen molar-refractivity contribution in [2.75, 3.05) is 13.1 Å². The summed E-state index contributed by atoms with van der Waals surface area (Å²) in [5.41, 5.74) is 2.78. The van der Waals surface area contributed by atoms with E-state index < -0.39 is 0 Å². The van der Waals surface area contributed by atoms with Crippen LogP contribution in [0.1, 0.15) is 37.3 Å². The molecule has 0 heterocycles. The summed E-state index contributed by atoms with van der Waals surface area (Å²) in [5.74, 6) is 0. The van der Waals surface area contributed by atoms with Crippen LogP contribution in [0.25, 0.3) is 0 Å². The van der Waals surface area contributed by atoms with E-state index in [2.05, 4.69) is 48.0 Å². The molecule has 0 radical (unpaired) electrons. The zero-order valence-electron chi connectivity index (χ0n) is 12.1. The molecule has 1 aromatic carbocycles. The van der Waals surface area contributed by atoms with Gasteiger partial charge in [0.15, 0.2) is 0 Å². The van der Waals surface area contributed by atoms with Crippen LogP contribution < -0.4 is 5.32 Å². The van der Waals surface area contributed by atoms with Crippen LogP contribution in [0.4, 0.5) is 0 Å².